The second-order valence-electron chi connectivity index (χ2n) is 8.89. The van der Waals surface area contributed by atoms with Gasteiger partial charge in [0.1, 0.15) is 18.1 Å². The summed E-state index contributed by atoms with van der Waals surface area (Å²) in [7, 11) is 1.61. The summed E-state index contributed by atoms with van der Waals surface area (Å²) in [6, 6.07) is 22.9. The van der Waals surface area contributed by atoms with Crippen molar-refractivity contribution in [3.63, 3.8) is 0 Å². The van der Waals surface area contributed by atoms with Crippen LogP contribution in [0.4, 0.5) is 0 Å². The Hall–Kier alpha value is -3.71. The smallest absolute Gasteiger partial charge is 0.275 e. The van der Waals surface area contributed by atoms with Gasteiger partial charge in [0.05, 0.1) is 29.2 Å². The third-order valence-electron chi connectivity index (χ3n) is 6.38. The van der Waals surface area contributed by atoms with Crippen molar-refractivity contribution in [2.45, 2.75) is 32.7 Å². The maximum absolute atomic E-state index is 13.4. The number of thiocarbonyl (C=S) groups is 1. The average molecular weight is 502 g/mol. The van der Waals surface area contributed by atoms with Crippen LogP contribution in [0.25, 0.3) is 22.0 Å². The zero-order valence-electron chi connectivity index (χ0n) is 20.8. The summed E-state index contributed by atoms with van der Waals surface area (Å²) in [6.07, 6.45) is 1.72. The summed E-state index contributed by atoms with van der Waals surface area (Å²) in [5.74, 6) is 1.60. The average Bonchev–Trinajstić information content (AvgIpc) is 2.91. The number of rotatable bonds is 10. The molecule has 2 N–H and O–H groups in total. The summed E-state index contributed by atoms with van der Waals surface area (Å²) in [5, 5.41) is 6.12. The number of nitrogens with two attached hydrogens (primary N) is 1. The van der Waals surface area contributed by atoms with Crippen LogP contribution in [-0.2, 0) is 6.42 Å². The van der Waals surface area contributed by atoms with Crippen LogP contribution < -0.4 is 20.8 Å². The molecule has 0 saturated heterocycles. The topological polar surface area (TPSA) is 79.4 Å². The normalized spacial score (nSPS) is 12.8. The maximum atomic E-state index is 13.4. The van der Waals surface area contributed by atoms with Crippen molar-refractivity contribution >= 4 is 28.0 Å². The van der Waals surface area contributed by atoms with E-state index in [-0.39, 0.29) is 17.5 Å². The lowest BCUT2D eigenvalue weighted by Gasteiger charge is -2.18. The number of benzene rings is 3. The monoisotopic (exact) mass is 501 g/mol. The van der Waals surface area contributed by atoms with Crippen LogP contribution in [0.1, 0.15) is 31.9 Å². The Morgan fingerprint density at radius 2 is 1.72 bits per heavy atom. The van der Waals surface area contributed by atoms with Crippen molar-refractivity contribution in [2.75, 3.05) is 13.7 Å². The van der Waals surface area contributed by atoms with Gasteiger partial charge < -0.3 is 15.2 Å². The minimum atomic E-state index is -0.287. The third-order valence-corrected chi connectivity index (χ3v) is 6.72. The molecule has 0 radical (unpaired) electrons. The first-order valence-corrected chi connectivity index (χ1v) is 12.5. The standard InChI is InChI=1S/C29H31N3O3S/c1-4-21(28(30)36)16-20-10-12-23(13-11-20)35-18-19(2)32-29(33)25-15-14-24(34-3)17-26(25)27(31-32)22-8-6-5-7-9-22/h5-15,17,19,21H,4,16,18H2,1-3H3,(H2,30,36). The summed E-state index contributed by atoms with van der Waals surface area (Å²) in [6.45, 7) is 4.32. The Kier molecular flexibility index (Phi) is 8.00. The van der Waals surface area contributed by atoms with E-state index in [1.54, 1.807) is 19.2 Å². The first-order chi connectivity index (χ1) is 17.4. The van der Waals surface area contributed by atoms with E-state index < -0.39 is 0 Å². The van der Waals surface area contributed by atoms with E-state index in [1.165, 1.54) is 4.68 Å². The number of hydrogen-bond acceptors (Lipinski definition) is 5. The van der Waals surface area contributed by atoms with E-state index >= 15 is 0 Å². The SMILES string of the molecule is CCC(Cc1ccc(OCC(C)n2nc(-c3ccccc3)c3cc(OC)ccc3c2=O)cc1)C(N)=S. The Morgan fingerprint density at radius 3 is 2.36 bits per heavy atom. The van der Waals surface area contributed by atoms with Gasteiger partial charge in [-0.05, 0) is 55.7 Å². The molecule has 36 heavy (non-hydrogen) atoms. The molecule has 3 aromatic carbocycles. The predicted molar refractivity (Wildman–Crippen MR) is 149 cm³/mol. The van der Waals surface area contributed by atoms with Gasteiger partial charge in [-0.3, -0.25) is 4.79 Å². The van der Waals surface area contributed by atoms with Crippen LogP contribution in [0.5, 0.6) is 11.5 Å². The molecule has 4 rings (SSSR count). The van der Waals surface area contributed by atoms with Crippen LogP contribution in [0.15, 0.2) is 77.6 Å². The largest absolute Gasteiger partial charge is 0.497 e. The molecule has 0 aliphatic carbocycles. The van der Waals surface area contributed by atoms with Crippen molar-refractivity contribution in [3.05, 3.63) is 88.7 Å². The molecule has 1 aromatic heterocycles. The molecule has 0 saturated carbocycles. The van der Waals surface area contributed by atoms with Gasteiger partial charge in [0, 0.05) is 16.9 Å². The fourth-order valence-corrected chi connectivity index (χ4v) is 4.46. The fourth-order valence-electron chi connectivity index (χ4n) is 4.21. The van der Waals surface area contributed by atoms with E-state index in [4.69, 9.17) is 32.5 Å². The zero-order valence-corrected chi connectivity index (χ0v) is 21.6. The van der Waals surface area contributed by atoms with Crippen LogP contribution in [0.2, 0.25) is 0 Å². The first-order valence-electron chi connectivity index (χ1n) is 12.1. The molecule has 0 bridgehead atoms. The third kappa shape index (κ3) is 5.57. The van der Waals surface area contributed by atoms with Crippen molar-refractivity contribution in [1.82, 2.24) is 9.78 Å². The summed E-state index contributed by atoms with van der Waals surface area (Å²) in [5.41, 5.74) is 8.48. The Labute approximate surface area is 216 Å². The van der Waals surface area contributed by atoms with Crippen molar-refractivity contribution in [1.29, 1.82) is 0 Å². The van der Waals surface area contributed by atoms with Gasteiger partial charge in [0.25, 0.3) is 5.56 Å². The van der Waals surface area contributed by atoms with Gasteiger partial charge >= 0.3 is 0 Å². The van der Waals surface area contributed by atoms with Crippen molar-refractivity contribution in [2.24, 2.45) is 11.7 Å². The Morgan fingerprint density at radius 1 is 1.03 bits per heavy atom. The summed E-state index contributed by atoms with van der Waals surface area (Å²) in [4.78, 5) is 13.9. The molecule has 0 aliphatic rings. The first kappa shape index (κ1) is 25.4. The van der Waals surface area contributed by atoms with E-state index in [0.717, 1.165) is 40.8 Å². The molecule has 0 fully saturated rings. The van der Waals surface area contributed by atoms with E-state index in [9.17, 15) is 4.79 Å². The highest BCUT2D eigenvalue weighted by molar-refractivity contribution is 7.80. The molecule has 6 nitrogen and oxygen atoms in total. The van der Waals surface area contributed by atoms with Crippen molar-refractivity contribution < 1.29 is 9.47 Å². The van der Waals surface area contributed by atoms with Crippen molar-refractivity contribution in [3.8, 4) is 22.8 Å². The quantitative estimate of drug-likeness (QED) is 0.286. The second-order valence-corrected chi connectivity index (χ2v) is 9.36. The Bertz CT molecular complexity index is 1400. The van der Waals surface area contributed by atoms with Gasteiger partial charge in [-0.1, -0.05) is 61.6 Å². The number of hydrogen-bond donors (Lipinski definition) is 1. The van der Waals surface area contributed by atoms with Crippen LogP contribution in [-0.4, -0.2) is 28.5 Å². The number of ether oxygens (including phenoxy) is 2. The van der Waals surface area contributed by atoms with Gasteiger partial charge in [0.15, 0.2) is 0 Å². The van der Waals surface area contributed by atoms with E-state index in [1.807, 2.05) is 67.6 Å². The zero-order chi connectivity index (χ0) is 25.7. The number of nitrogens with zero attached hydrogens (tertiary/aromatic N) is 2. The second kappa shape index (κ2) is 11.4. The highest BCUT2D eigenvalue weighted by Gasteiger charge is 2.17. The molecule has 7 heteroatoms. The van der Waals surface area contributed by atoms with E-state index in [2.05, 4.69) is 6.92 Å². The maximum Gasteiger partial charge on any atom is 0.275 e. The van der Waals surface area contributed by atoms with Gasteiger partial charge in [-0.2, -0.15) is 5.10 Å². The number of fused-ring (bicyclic) bond motifs is 1. The van der Waals surface area contributed by atoms with Crippen LogP contribution >= 0.6 is 12.2 Å². The highest BCUT2D eigenvalue weighted by atomic mass is 32.1. The summed E-state index contributed by atoms with van der Waals surface area (Å²) >= 11 is 5.16. The van der Waals surface area contributed by atoms with Gasteiger partial charge in [0.2, 0.25) is 0 Å². The Balaban J connectivity index is 1.58. The van der Waals surface area contributed by atoms with Crippen LogP contribution in [0.3, 0.4) is 0 Å². The lowest BCUT2D eigenvalue weighted by atomic mass is 9.97. The number of methoxy groups -OCH3 is 1. The van der Waals surface area contributed by atoms with Gasteiger partial charge in [-0.15, -0.1) is 0 Å². The van der Waals surface area contributed by atoms with E-state index in [0.29, 0.717) is 22.7 Å². The molecule has 2 atom stereocenters. The molecule has 2 unspecified atom stereocenters. The lowest BCUT2D eigenvalue weighted by molar-refractivity contribution is 0.247. The molecule has 1 heterocycles. The molecule has 186 valence electrons. The predicted octanol–water partition coefficient (Wildman–Crippen LogP) is 5.57. The molecule has 0 aliphatic heterocycles. The molecule has 0 amide bonds. The molecular formula is C29H31N3O3S. The molecular weight excluding hydrogens is 470 g/mol. The minimum Gasteiger partial charge on any atom is -0.497 e. The minimum absolute atomic E-state index is 0.165. The van der Waals surface area contributed by atoms with Gasteiger partial charge in [-0.25, -0.2) is 4.68 Å². The fraction of sp³-hybridized carbons (Fsp3) is 0.276. The summed E-state index contributed by atoms with van der Waals surface area (Å²) < 4.78 is 12.9. The number of aromatic nitrogens is 2. The molecule has 4 aromatic rings. The highest BCUT2D eigenvalue weighted by Crippen LogP contribution is 2.28. The van der Waals surface area contributed by atoms with Crippen LogP contribution in [0, 0.1) is 5.92 Å². The molecule has 0 spiro atoms. The lowest BCUT2D eigenvalue weighted by Crippen LogP contribution is -2.30.